The van der Waals surface area contributed by atoms with Gasteiger partial charge in [0.05, 0.1) is 5.60 Å². The van der Waals surface area contributed by atoms with Crippen molar-refractivity contribution in [3.05, 3.63) is 35.9 Å². The summed E-state index contributed by atoms with van der Waals surface area (Å²) in [5, 5.41) is 10.1. The van der Waals surface area contributed by atoms with Gasteiger partial charge in [-0.2, -0.15) is 0 Å². The summed E-state index contributed by atoms with van der Waals surface area (Å²) < 4.78 is 5.91. The predicted octanol–water partition coefficient (Wildman–Crippen LogP) is 2.56. The predicted molar refractivity (Wildman–Crippen MR) is 57.2 cm³/mol. The second-order valence-corrected chi connectivity index (χ2v) is 4.76. The average Bonchev–Trinajstić information content (AvgIpc) is 2.52. The molecule has 2 heteroatoms. The van der Waals surface area contributed by atoms with E-state index in [1.54, 1.807) is 0 Å². The lowest BCUT2D eigenvalue weighted by atomic mass is 9.87. The fourth-order valence-corrected chi connectivity index (χ4v) is 2.95. The van der Waals surface area contributed by atoms with Gasteiger partial charge >= 0.3 is 0 Å². The molecule has 2 fully saturated rings. The summed E-state index contributed by atoms with van der Waals surface area (Å²) in [6.07, 6.45) is 4.63. The molecule has 0 saturated carbocycles. The number of ether oxygens (including phenoxy) is 1. The summed E-state index contributed by atoms with van der Waals surface area (Å²) in [6, 6.07) is 10.3. The quantitative estimate of drug-likeness (QED) is 0.761. The summed E-state index contributed by atoms with van der Waals surface area (Å²) in [4.78, 5) is 0. The minimum absolute atomic E-state index is 0.200. The largest absolute Gasteiger partial charge is 0.365 e. The van der Waals surface area contributed by atoms with Crippen LogP contribution in [0, 0.1) is 0 Å². The molecule has 0 aliphatic carbocycles. The molecule has 2 unspecified atom stereocenters. The van der Waals surface area contributed by atoms with Gasteiger partial charge in [-0.15, -0.1) is 0 Å². The van der Waals surface area contributed by atoms with E-state index in [2.05, 4.69) is 12.1 Å². The third kappa shape index (κ3) is 1.40. The molecule has 0 aromatic heterocycles. The molecule has 0 radical (unpaired) electrons. The third-order valence-corrected chi connectivity index (χ3v) is 3.75. The van der Waals surface area contributed by atoms with E-state index in [1.165, 1.54) is 5.56 Å². The van der Waals surface area contributed by atoms with Gasteiger partial charge in [-0.25, -0.2) is 0 Å². The first-order valence-corrected chi connectivity index (χ1v) is 5.71. The molecule has 80 valence electrons. The first-order valence-electron chi connectivity index (χ1n) is 5.71. The van der Waals surface area contributed by atoms with Gasteiger partial charge in [-0.3, -0.25) is 0 Å². The molecule has 2 bridgehead atoms. The first-order chi connectivity index (χ1) is 7.23. The molecule has 2 aliphatic rings. The minimum Gasteiger partial charge on any atom is -0.365 e. The van der Waals surface area contributed by atoms with Crippen LogP contribution in [0.1, 0.15) is 37.7 Å². The van der Waals surface area contributed by atoms with Crippen LogP contribution in [-0.4, -0.2) is 10.9 Å². The number of aliphatic hydroxyl groups is 1. The SMILES string of the molecule is OC12CCCC(c3ccccc3)(CC1)O2. The summed E-state index contributed by atoms with van der Waals surface area (Å²) in [5.41, 5.74) is 1.02. The van der Waals surface area contributed by atoms with E-state index in [1.807, 2.05) is 18.2 Å². The molecule has 2 saturated heterocycles. The summed E-state index contributed by atoms with van der Waals surface area (Å²) in [7, 11) is 0. The van der Waals surface area contributed by atoms with Gasteiger partial charge in [0.1, 0.15) is 0 Å². The Bertz CT molecular complexity index is 362. The molecule has 1 aromatic rings. The Hall–Kier alpha value is -0.860. The van der Waals surface area contributed by atoms with E-state index in [0.29, 0.717) is 0 Å². The Morgan fingerprint density at radius 2 is 1.80 bits per heavy atom. The summed E-state index contributed by atoms with van der Waals surface area (Å²) in [6.45, 7) is 0. The van der Waals surface area contributed by atoms with Crippen LogP contribution in [0.5, 0.6) is 0 Å². The fraction of sp³-hybridized carbons (Fsp3) is 0.538. The van der Waals surface area contributed by atoms with Crippen LogP contribution in [0.3, 0.4) is 0 Å². The first kappa shape index (κ1) is 9.37. The lowest BCUT2D eigenvalue weighted by Gasteiger charge is -2.37. The van der Waals surface area contributed by atoms with Crippen molar-refractivity contribution in [2.75, 3.05) is 0 Å². The minimum atomic E-state index is -0.839. The molecule has 2 aliphatic heterocycles. The van der Waals surface area contributed by atoms with Gasteiger partial charge in [-0.1, -0.05) is 30.3 Å². The lowest BCUT2D eigenvalue weighted by molar-refractivity contribution is -0.252. The zero-order valence-corrected chi connectivity index (χ0v) is 8.78. The van der Waals surface area contributed by atoms with Crippen LogP contribution in [0.25, 0.3) is 0 Å². The van der Waals surface area contributed by atoms with E-state index < -0.39 is 5.79 Å². The van der Waals surface area contributed by atoms with Gasteiger partial charge in [0.2, 0.25) is 0 Å². The molecule has 0 amide bonds. The number of rotatable bonds is 1. The van der Waals surface area contributed by atoms with Gasteiger partial charge in [0, 0.05) is 12.8 Å². The van der Waals surface area contributed by atoms with E-state index in [4.69, 9.17) is 4.74 Å². The standard InChI is InChI=1S/C13H16O2/c14-13-8-4-7-12(15-13,9-10-13)11-5-2-1-3-6-11/h1-3,5-6,14H,4,7-10H2. The van der Waals surface area contributed by atoms with Crippen LogP contribution >= 0.6 is 0 Å². The van der Waals surface area contributed by atoms with Crippen LogP contribution in [0.15, 0.2) is 30.3 Å². The molecule has 3 rings (SSSR count). The molecule has 2 atom stereocenters. The number of benzene rings is 1. The normalized spacial score (nSPS) is 39.3. The lowest BCUT2D eigenvalue weighted by Crippen LogP contribution is -2.38. The number of fused-ring (bicyclic) bond motifs is 2. The molecule has 15 heavy (non-hydrogen) atoms. The van der Waals surface area contributed by atoms with Crippen molar-refractivity contribution in [2.24, 2.45) is 0 Å². The second kappa shape index (κ2) is 3.06. The molecular weight excluding hydrogens is 188 g/mol. The van der Waals surface area contributed by atoms with Crippen molar-refractivity contribution in [1.82, 2.24) is 0 Å². The van der Waals surface area contributed by atoms with Crippen LogP contribution in [-0.2, 0) is 10.3 Å². The Labute approximate surface area is 89.9 Å². The Kier molecular flexibility index (Phi) is 1.91. The maximum absolute atomic E-state index is 10.1. The molecule has 0 spiro atoms. The van der Waals surface area contributed by atoms with Crippen molar-refractivity contribution in [2.45, 2.75) is 43.5 Å². The van der Waals surface area contributed by atoms with Crippen molar-refractivity contribution in [3.63, 3.8) is 0 Å². The van der Waals surface area contributed by atoms with Gasteiger partial charge in [0.25, 0.3) is 0 Å². The van der Waals surface area contributed by atoms with Gasteiger partial charge in [-0.05, 0) is 24.8 Å². The monoisotopic (exact) mass is 204 g/mol. The van der Waals surface area contributed by atoms with Crippen LogP contribution < -0.4 is 0 Å². The molecule has 1 N–H and O–H groups in total. The zero-order valence-electron chi connectivity index (χ0n) is 8.78. The van der Waals surface area contributed by atoms with Crippen LogP contribution in [0.2, 0.25) is 0 Å². The van der Waals surface area contributed by atoms with Gasteiger partial charge < -0.3 is 9.84 Å². The summed E-state index contributed by atoms with van der Waals surface area (Å²) >= 11 is 0. The zero-order chi connectivity index (χ0) is 10.4. The molecule has 2 heterocycles. The van der Waals surface area contributed by atoms with Crippen molar-refractivity contribution in [1.29, 1.82) is 0 Å². The van der Waals surface area contributed by atoms with Crippen molar-refractivity contribution >= 4 is 0 Å². The Balaban J connectivity index is 1.99. The second-order valence-electron chi connectivity index (χ2n) is 4.76. The highest BCUT2D eigenvalue weighted by Gasteiger charge is 2.51. The Morgan fingerprint density at radius 3 is 2.60 bits per heavy atom. The van der Waals surface area contributed by atoms with E-state index in [9.17, 15) is 5.11 Å². The van der Waals surface area contributed by atoms with Crippen LogP contribution in [0.4, 0.5) is 0 Å². The number of hydrogen-bond acceptors (Lipinski definition) is 2. The van der Waals surface area contributed by atoms with Crippen molar-refractivity contribution < 1.29 is 9.84 Å². The smallest absolute Gasteiger partial charge is 0.166 e. The van der Waals surface area contributed by atoms with E-state index >= 15 is 0 Å². The summed E-state index contributed by atoms with van der Waals surface area (Å²) in [5.74, 6) is -0.839. The molecule has 2 nitrogen and oxygen atoms in total. The topological polar surface area (TPSA) is 29.5 Å². The van der Waals surface area contributed by atoms with Crippen molar-refractivity contribution in [3.8, 4) is 0 Å². The maximum Gasteiger partial charge on any atom is 0.166 e. The molecule has 1 aromatic carbocycles. The van der Waals surface area contributed by atoms with E-state index in [0.717, 1.165) is 32.1 Å². The highest BCUT2D eigenvalue weighted by atomic mass is 16.6. The third-order valence-electron chi connectivity index (χ3n) is 3.75. The highest BCUT2D eigenvalue weighted by Crippen LogP contribution is 2.52. The molecular formula is C13H16O2. The highest BCUT2D eigenvalue weighted by molar-refractivity contribution is 5.25. The Morgan fingerprint density at radius 1 is 1.00 bits per heavy atom. The fourth-order valence-electron chi connectivity index (χ4n) is 2.95. The van der Waals surface area contributed by atoms with Gasteiger partial charge in [0.15, 0.2) is 5.79 Å². The number of hydrogen-bond donors (Lipinski definition) is 1. The van der Waals surface area contributed by atoms with E-state index in [-0.39, 0.29) is 5.60 Å². The maximum atomic E-state index is 10.1. The average molecular weight is 204 g/mol.